The fourth-order valence-corrected chi connectivity index (χ4v) is 3.28. The van der Waals surface area contributed by atoms with Gasteiger partial charge in [-0.2, -0.15) is 0 Å². The van der Waals surface area contributed by atoms with Gasteiger partial charge in [0.2, 0.25) is 5.91 Å². The van der Waals surface area contributed by atoms with Crippen molar-refractivity contribution in [2.75, 3.05) is 13.1 Å². The molecule has 0 aliphatic carbocycles. The normalized spacial score (nSPS) is 17.6. The van der Waals surface area contributed by atoms with E-state index in [2.05, 4.69) is 22.1 Å². The number of carbonyl (C=O) groups is 1. The van der Waals surface area contributed by atoms with Crippen molar-refractivity contribution in [1.29, 1.82) is 0 Å². The predicted molar refractivity (Wildman–Crippen MR) is 84.4 cm³/mol. The van der Waals surface area contributed by atoms with Gasteiger partial charge in [-0.05, 0) is 37.8 Å². The summed E-state index contributed by atoms with van der Waals surface area (Å²) < 4.78 is 5.59. The monoisotopic (exact) mass is 320 g/mol. The van der Waals surface area contributed by atoms with Gasteiger partial charge in [-0.15, -0.1) is 10.2 Å². The average molecular weight is 320 g/mol. The van der Waals surface area contributed by atoms with E-state index in [0.29, 0.717) is 17.0 Å². The highest BCUT2D eigenvalue weighted by Crippen LogP contribution is 2.27. The van der Waals surface area contributed by atoms with Crippen molar-refractivity contribution in [2.24, 2.45) is 5.92 Å². The first kappa shape index (κ1) is 15.1. The Morgan fingerprint density at radius 3 is 2.91 bits per heavy atom. The fraction of sp³-hybridized carbons (Fsp3) is 0.533. The summed E-state index contributed by atoms with van der Waals surface area (Å²) in [4.78, 5) is 17.4. The molecule has 1 unspecified atom stereocenters. The zero-order valence-electron chi connectivity index (χ0n) is 12.8. The van der Waals surface area contributed by atoms with Crippen molar-refractivity contribution < 1.29 is 9.21 Å². The first-order valence-corrected chi connectivity index (χ1v) is 8.44. The van der Waals surface area contributed by atoms with Crippen molar-refractivity contribution in [3.8, 4) is 11.6 Å². The Morgan fingerprint density at radius 1 is 1.45 bits per heavy atom. The third-order valence-corrected chi connectivity index (χ3v) is 4.88. The average Bonchev–Trinajstić information content (AvgIpc) is 3.18. The largest absolute Gasteiger partial charge is 0.410 e. The van der Waals surface area contributed by atoms with E-state index in [4.69, 9.17) is 4.42 Å². The zero-order chi connectivity index (χ0) is 15.5. The summed E-state index contributed by atoms with van der Waals surface area (Å²) in [6.45, 7) is 5.83. The second kappa shape index (κ2) is 6.56. The molecule has 0 radical (unpaired) electrons. The summed E-state index contributed by atoms with van der Waals surface area (Å²) in [6.07, 6.45) is 3.97. The molecule has 0 saturated carbocycles. The number of carbonyl (C=O) groups excluding carboxylic acids is 1. The maximum absolute atomic E-state index is 12.5. The van der Waals surface area contributed by atoms with Gasteiger partial charge < -0.3 is 14.3 Å². The van der Waals surface area contributed by atoms with Crippen LogP contribution in [0, 0.1) is 5.92 Å². The van der Waals surface area contributed by atoms with Crippen LogP contribution in [-0.2, 0) is 4.79 Å². The van der Waals surface area contributed by atoms with E-state index in [1.165, 1.54) is 11.8 Å². The van der Waals surface area contributed by atoms with Crippen LogP contribution in [0.5, 0.6) is 0 Å². The van der Waals surface area contributed by atoms with Gasteiger partial charge in [0.15, 0.2) is 0 Å². The highest BCUT2D eigenvalue weighted by Gasteiger charge is 2.26. The third-order valence-electron chi connectivity index (χ3n) is 3.96. The molecule has 1 amide bonds. The van der Waals surface area contributed by atoms with E-state index < -0.39 is 0 Å². The molecule has 1 saturated heterocycles. The molecular weight excluding hydrogens is 300 g/mol. The van der Waals surface area contributed by atoms with Crippen LogP contribution < -0.4 is 0 Å². The van der Waals surface area contributed by atoms with Crippen LogP contribution in [0.3, 0.4) is 0 Å². The lowest BCUT2D eigenvalue weighted by molar-refractivity contribution is -0.131. The smallest absolute Gasteiger partial charge is 0.277 e. The van der Waals surface area contributed by atoms with Crippen molar-refractivity contribution in [2.45, 2.75) is 37.2 Å². The van der Waals surface area contributed by atoms with E-state index in [-0.39, 0.29) is 11.2 Å². The number of aromatic amines is 1. The lowest BCUT2D eigenvalue weighted by Crippen LogP contribution is -2.41. The minimum absolute atomic E-state index is 0.150. The Kier molecular flexibility index (Phi) is 4.52. The Labute approximate surface area is 133 Å². The topological polar surface area (TPSA) is 75.0 Å². The number of likely N-dealkylation sites (tertiary alicyclic amines) is 1. The Balaban J connectivity index is 1.59. The quantitative estimate of drug-likeness (QED) is 0.877. The molecular formula is C15H20N4O2S. The first-order valence-electron chi connectivity index (χ1n) is 7.56. The minimum atomic E-state index is -0.217. The van der Waals surface area contributed by atoms with E-state index >= 15 is 0 Å². The molecule has 2 aromatic heterocycles. The fourth-order valence-electron chi connectivity index (χ4n) is 2.52. The highest BCUT2D eigenvalue weighted by atomic mass is 32.2. The second-order valence-electron chi connectivity index (χ2n) is 5.72. The van der Waals surface area contributed by atoms with Gasteiger partial charge >= 0.3 is 0 Å². The van der Waals surface area contributed by atoms with Crippen molar-refractivity contribution in [1.82, 2.24) is 20.1 Å². The number of piperidine rings is 1. The minimum Gasteiger partial charge on any atom is -0.410 e. The zero-order valence-corrected chi connectivity index (χ0v) is 13.6. The molecule has 22 heavy (non-hydrogen) atoms. The lowest BCUT2D eigenvalue weighted by Gasteiger charge is -2.31. The number of hydrogen-bond acceptors (Lipinski definition) is 5. The number of amides is 1. The third kappa shape index (κ3) is 3.35. The van der Waals surface area contributed by atoms with Crippen LogP contribution in [-0.4, -0.2) is 44.3 Å². The van der Waals surface area contributed by atoms with E-state index in [1.54, 1.807) is 6.20 Å². The summed E-state index contributed by atoms with van der Waals surface area (Å²) in [5.41, 5.74) is 0.781. The molecule has 7 heteroatoms. The summed E-state index contributed by atoms with van der Waals surface area (Å²) >= 11 is 1.32. The van der Waals surface area contributed by atoms with Crippen LogP contribution in [0.15, 0.2) is 28.0 Å². The summed E-state index contributed by atoms with van der Waals surface area (Å²) in [5.74, 6) is 1.31. The van der Waals surface area contributed by atoms with Gasteiger partial charge in [-0.25, -0.2) is 0 Å². The number of rotatable bonds is 4. The summed E-state index contributed by atoms with van der Waals surface area (Å²) in [5, 5.41) is 8.22. The van der Waals surface area contributed by atoms with Gasteiger partial charge in [0.05, 0.1) is 5.25 Å². The molecule has 1 atom stereocenters. The lowest BCUT2D eigenvalue weighted by atomic mass is 9.99. The highest BCUT2D eigenvalue weighted by molar-refractivity contribution is 8.00. The predicted octanol–water partition coefficient (Wildman–Crippen LogP) is 2.80. The van der Waals surface area contributed by atoms with Crippen molar-refractivity contribution in [3.05, 3.63) is 18.3 Å². The van der Waals surface area contributed by atoms with Crippen LogP contribution in [0.25, 0.3) is 11.6 Å². The molecule has 2 aromatic rings. The number of nitrogens with one attached hydrogen (secondary N) is 1. The molecule has 3 heterocycles. The van der Waals surface area contributed by atoms with Gasteiger partial charge in [0.1, 0.15) is 5.69 Å². The molecule has 0 aromatic carbocycles. The molecule has 0 spiro atoms. The maximum Gasteiger partial charge on any atom is 0.277 e. The van der Waals surface area contributed by atoms with Crippen LogP contribution in [0.4, 0.5) is 0 Å². The van der Waals surface area contributed by atoms with Crippen LogP contribution in [0.1, 0.15) is 26.7 Å². The molecule has 0 bridgehead atoms. The SMILES string of the molecule is CC1CCN(C(=O)C(C)Sc2nnc(-c3ccc[nH]3)o2)CC1. The standard InChI is InChI=1S/C15H20N4O2S/c1-10-5-8-19(9-6-10)14(20)11(2)22-15-18-17-13(21-15)12-4-3-7-16-12/h3-4,7,10-11,16H,5-6,8-9H2,1-2H3. The van der Waals surface area contributed by atoms with Crippen molar-refractivity contribution >= 4 is 17.7 Å². The van der Waals surface area contributed by atoms with Gasteiger partial charge in [0.25, 0.3) is 11.1 Å². The molecule has 6 nitrogen and oxygen atoms in total. The van der Waals surface area contributed by atoms with E-state index in [9.17, 15) is 4.79 Å². The number of thioether (sulfide) groups is 1. The Hall–Kier alpha value is -1.76. The molecule has 1 aliphatic rings. The van der Waals surface area contributed by atoms with Gasteiger partial charge in [-0.1, -0.05) is 18.7 Å². The molecule has 1 N–H and O–H groups in total. The summed E-state index contributed by atoms with van der Waals surface area (Å²) in [6, 6.07) is 3.74. The summed E-state index contributed by atoms with van der Waals surface area (Å²) in [7, 11) is 0. The van der Waals surface area contributed by atoms with Crippen molar-refractivity contribution in [3.63, 3.8) is 0 Å². The number of aromatic nitrogens is 3. The maximum atomic E-state index is 12.5. The van der Waals surface area contributed by atoms with Crippen LogP contribution >= 0.6 is 11.8 Å². The molecule has 3 rings (SSSR count). The van der Waals surface area contributed by atoms with Gasteiger partial charge in [0, 0.05) is 19.3 Å². The van der Waals surface area contributed by atoms with Gasteiger partial charge in [-0.3, -0.25) is 4.79 Å². The first-order chi connectivity index (χ1) is 10.6. The Morgan fingerprint density at radius 2 is 2.23 bits per heavy atom. The second-order valence-corrected chi connectivity index (χ2v) is 7.02. The molecule has 1 fully saturated rings. The number of H-pyrrole nitrogens is 1. The molecule has 118 valence electrons. The number of hydrogen-bond donors (Lipinski definition) is 1. The Bertz CT molecular complexity index is 617. The molecule has 1 aliphatic heterocycles. The van der Waals surface area contributed by atoms with Crippen LogP contribution in [0.2, 0.25) is 0 Å². The van der Waals surface area contributed by atoms with E-state index in [0.717, 1.165) is 31.6 Å². The number of nitrogens with zero attached hydrogens (tertiary/aromatic N) is 3. The van der Waals surface area contributed by atoms with E-state index in [1.807, 2.05) is 24.0 Å².